The SMILES string of the molecule is NC(=S)Cc1nsc2ccccc12. The van der Waals surface area contributed by atoms with E-state index in [1.807, 2.05) is 18.2 Å². The second-order valence-corrected chi connectivity index (χ2v) is 4.10. The summed E-state index contributed by atoms with van der Waals surface area (Å²) in [4.78, 5) is 0.496. The lowest BCUT2D eigenvalue weighted by atomic mass is 10.2. The minimum atomic E-state index is 0.496. The van der Waals surface area contributed by atoms with Crippen molar-refractivity contribution in [1.29, 1.82) is 0 Å². The highest BCUT2D eigenvalue weighted by atomic mass is 32.1. The molecule has 0 radical (unpaired) electrons. The molecule has 0 amide bonds. The molecule has 0 aliphatic rings. The van der Waals surface area contributed by atoms with E-state index in [0.717, 1.165) is 5.69 Å². The number of nitrogens with two attached hydrogens (primary N) is 1. The molecule has 2 aromatic rings. The van der Waals surface area contributed by atoms with Crippen molar-refractivity contribution in [2.45, 2.75) is 6.42 Å². The van der Waals surface area contributed by atoms with Gasteiger partial charge in [-0.2, -0.15) is 4.37 Å². The van der Waals surface area contributed by atoms with E-state index in [1.54, 1.807) is 0 Å². The van der Waals surface area contributed by atoms with E-state index < -0.39 is 0 Å². The van der Waals surface area contributed by atoms with Crippen molar-refractivity contribution >= 4 is 38.8 Å². The summed E-state index contributed by atoms with van der Waals surface area (Å²) in [6.07, 6.45) is 0.597. The van der Waals surface area contributed by atoms with Crippen molar-refractivity contribution in [3.8, 4) is 0 Å². The van der Waals surface area contributed by atoms with Gasteiger partial charge < -0.3 is 5.73 Å². The Hall–Kier alpha value is -1.00. The Balaban J connectivity index is 2.51. The van der Waals surface area contributed by atoms with Gasteiger partial charge in [-0.1, -0.05) is 30.4 Å². The predicted octanol–water partition coefficient (Wildman–Crippen LogP) is 2.12. The van der Waals surface area contributed by atoms with E-state index in [-0.39, 0.29) is 0 Å². The van der Waals surface area contributed by atoms with Crippen LogP contribution < -0.4 is 5.73 Å². The molecule has 4 heteroatoms. The fourth-order valence-electron chi connectivity index (χ4n) is 1.23. The van der Waals surface area contributed by atoms with Crippen molar-refractivity contribution in [3.05, 3.63) is 30.0 Å². The molecule has 0 spiro atoms. The maximum Gasteiger partial charge on any atom is 0.0788 e. The van der Waals surface area contributed by atoms with Crippen LogP contribution in [0.3, 0.4) is 0 Å². The first-order valence-electron chi connectivity index (χ1n) is 3.89. The van der Waals surface area contributed by atoms with Gasteiger partial charge in [-0.05, 0) is 17.6 Å². The minimum absolute atomic E-state index is 0.496. The zero-order valence-corrected chi connectivity index (χ0v) is 8.49. The van der Waals surface area contributed by atoms with Crippen LogP contribution in [0.4, 0.5) is 0 Å². The number of benzene rings is 1. The van der Waals surface area contributed by atoms with Crippen molar-refractivity contribution in [1.82, 2.24) is 4.37 Å². The van der Waals surface area contributed by atoms with E-state index in [9.17, 15) is 0 Å². The molecule has 0 aliphatic carbocycles. The van der Waals surface area contributed by atoms with Crippen LogP contribution in [0.2, 0.25) is 0 Å². The minimum Gasteiger partial charge on any atom is -0.393 e. The van der Waals surface area contributed by atoms with Crippen LogP contribution in [-0.4, -0.2) is 9.36 Å². The molecule has 0 bridgehead atoms. The lowest BCUT2D eigenvalue weighted by molar-refractivity contribution is 1.26. The van der Waals surface area contributed by atoms with Gasteiger partial charge in [-0.25, -0.2) is 0 Å². The van der Waals surface area contributed by atoms with E-state index in [2.05, 4.69) is 10.4 Å². The van der Waals surface area contributed by atoms with E-state index in [0.29, 0.717) is 11.4 Å². The van der Waals surface area contributed by atoms with Crippen LogP contribution >= 0.6 is 23.8 Å². The summed E-state index contributed by atoms with van der Waals surface area (Å²) in [5.74, 6) is 0. The molecule has 0 fully saturated rings. The Bertz CT molecular complexity index is 448. The summed E-state index contributed by atoms with van der Waals surface area (Å²) in [5.41, 5.74) is 6.46. The first-order valence-corrected chi connectivity index (χ1v) is 5.07. The topological polar surface area (TPSA) is 38.9 Å². The molecule has 1 aromatic heterocycles. The number of thiocarbonyl (C=S) groups is 1. The van der Waals surface area contributed by atoms with E-state index in [1.165, 1.54) is 21.6 Å². The summed E-state index contributed by atoms with van der Waals surface area (Å²) in [7, 11) is 0. The second-order valence-electron chi connectivity index (χ2n) is 2.77. The summed E-state index contributed by atoms with van der Waals surface area (Å²) < 4.78 is 5.50. The largest absolute Gasteiger partial charge is 0.393 e. The standard InChI is InChI=1S/C9H8N2S2/c10-9(12)5-7-6-3-1-2-4-8(6)13-11-7/h1-4H,5H2,(H2,10,12). The Kier molecular flexibility index (Phi) is 2.24. The van der Waals surface area contributed by atoms with Crippen molar-refractivity contribution in [3.63, 3.8) is 0 Å². The molecule has 0 saturated carbocycles. The van der Waals surface area contributed by atoms with E-state index >= 15 is 0 Å². The average molecular weight is 208 g/mol. The zero-order chi connectivity index (χ0) is 9.26. The number of nitrogens with zero attached hydrogens (tertiary/aromatic N) is 1. The molecule has 66 valence electrons. The molecule has 0 saturated heterocycles. The highest BCUT2D eigenvalue weighted by molar-refractivity contribution is 7.80. The molecule has 1 aromatic carbocycles. The quantitative estimate of drug-likeness (QED) is 0.768. The maximum absolute atomic E-state index is 5.47. The lowest BCUT2D eigenvalue weighted by Crippen LogP contribution is -2.11. The number of rotatable bonds is 2. The Morgan fingerprint density at radius 3 is 3.00 bits per heavy atom. The number of aromatic nitrogens is 1. The third kappa shape index (κ3) is 1.68. The molecule has 1 heterocycles. The van der Waals surface area contributed by atoms with Gasteiger partial charge in [-0.3, -0.25) is 0 Å². The van der Waals surface area contributed by atoms with Crippen LogP contribution in [0, 0.1) is 0 Å². The third-order valence-electron chi connectivity index (χ3n) is 1.79. The smallest absolute Gasteiger partial charge is 0.0788 e. The lowest BCUT2D eigenvalue weighted by Gasteiger charge is -1.93. The normalized spacial score (nSPS) is 10.5. The summed E-state index contributed by atoms with van der Waals surface area (Å²) in [6.45, 7) is 0. The first-order chi connectivity index (χ1) is 6.27. The monoisotopic (exact) mass is 208 g/mol. The summed E-state index contributed by atoms with van der Waals surface area (Å²) in [5, 5.41) is 1.17. The molecule has 13 heavy (non-hydrogen) atoms. The summed E-state index contributed by atoms with van der Waals surface area (Å²) >= 11 is 6.34. The zero-order valence-electron chi connectivity index (χ0n) is 6.86. The number of fused-ring (bicyclic) bond motifs is 1. The fraction of sp³-hybridized carbons (Fsp3) is 0.111. The van der Waals surface area contributed by atoms with Gasteiger partial charge in [-0.15, -0.1) is 0 Å². The molecular formula is C9H8N2S2. The van der Waals surface area contributed by atoms with Gasteiger partial charge in [0.25, 0.3) is 0 Å². The van der Waals surface area contributed by atoms with Gasteiger partial charge >= 0.3 is 0 Å². The number of hydrogen-bond acceptors (Lipinski definition) is 3. The molecule has 2 rings (SSSR count). The Morgan fingerprint density at radius 1 is 1.46 bits per heavy atom. The maximum atomic E-state index is 5.47. The second kappa shape index (κ2) is 3.40. The molecule has 2 N–H and O–H groups in total. The molecular weight excluding hydrogens is 200 g/mol. The van der Waals surface area contributed by atoms with Gasteiger partial charge in [0.1, 0.15) is 0 Å². The Morgan fingerprint density at radius 2 is 2.23 bits per heavy atom. The summed E-state index contributed by atoms with van der Waals surface area (Å²) in [6, 6.07) is 8.10. The molecule has 0 unspecified atom stereocenters. The first kappa shape index (κ1) is 8.59. The molecule has 2 nitrogen and oxygen atoms in total. The third-order valence-corrected chi connectivity index (χ3v) is 2.80. The van der Waals surface area contributed by atoms with E-state index in [4.69, 9.17) is 18.0 Å². The van der Waals surface area contributed by atoms with Crippen molar-refractivity contribution < 1.29 is 0 Å². The average Bonchev–Trinajstić information content (AvgIpc) is 2.48. The van der Waals surface area contributed by atoms with Crippen molar-refractivity contribution in [2.24, 2.45) is 5.73 Å². The molecule has 0 aliphatic heterocycles. The van der Waals surface area contributed by atoms with Crippen LogP contribution in [0.1, 0.15) is 5.69 Å². The van der Waals surface area contributed by atoms with Gasteiger partial charge in [0, 0.05) is 11.8 Å². The van der Waals surface area contributed by atoms with Crippen LogP contribution in [0.15, 0.2) is 24.3 Å². The molecule has 0 atom stereocenters. The van der Waals surface area contributed by atoms with Crippen LogP contribution in [-0.2, 0) is 6.42 Å². The highest BCUT2D eigenvalue weighted by Gasteiger charge is 2.05. The van der Waals surface area contributed by atoms with Crippen LogP contribution in [0.25, 0.3) is 10.1 Å². The highest BCUT2D eigenvalue weighted by Crippen LogP contribution is 2.22. The van der Waals surface area contributed by atoms with Gasteiger partial charge in [0.05, 0.1) is 15.4 Å². The predicted molar refractivity (Wildman–Crippen MR) is 60.1 cm³/mol. The van der Waals surface area contributed by atoms with Crippen LogP contribution in [0.5, 0.6) is 0 Å². The number of hydrogen-bond donors (Lipinski definition) is 1. The Labute approximate surface area is 85.5 Å². The fourth-order valence-corrected chi connectivity index (χ4v) is 2.16. The van der Waals surface area contributed by atoms with Gasteiger partial charge in [0.15, 0.2) is 0 Å². The van der Waals surface area contributed by atoms with Crippen molar-refractivity contribution in [2.75, 3.05) is 0 Å². The van der Waals surface area contributed by atoms with Gasteiger partial charge in [0.2, 0.25) is 0 Å².